The van der Waals surface area contributed by atoms with E-state index in [0.717, 1.165) is 32.4 Å². The van der Waals surface area contributed by atoms with Gasteiger partial charge in [-0.3, -0.25) is 9.69 Å². The molecule has 1 aromatic heterocycles. The van der Waals surface area contributed by atoms with Crippen molar-refractivity contribution in [2.75, 3.05) is 19.6 Å². The zero-order valence-corrected chi connectivity index (χ0v) is 14.5. The summed E-state index contributed by atoms with van der Waals surface area (Å²) in [6.07, 6.45) is 7.45. The van der Waals surface area contributed by atoms with E-state index in [0.29, 0.717) is 31.1 Å². The summed E-state index contributed by atoms with van der Waals surface area (Å²) in [6, 6.07) is 4.27. The number of nitrogens with zero attached hydrogens (tertiary/aromatic N) is 2. The Morgan fingerprint density at radius 3 is 2.71 bits per heavy atom. The predicted octanol–water partition coefficient (Wildman–Crippen LogP) is 2.35. The summed E-state index contributed by atoms with van der Waals surface area (Å²) in [7, 11) is 0. The number of piperidine rings is 2. The molecule has 4 heterocycles. The van der Waals surface area contributed by atoms with Gasteiger partial charge in [0.15, 0.2) is 0 Å². The second kappa shape index (κ2) is 6.19. The van der Waals surface area contributed by atoms with E-state index >= 15 is 0 Å². The van der Waals surface area contributed by atoms with Crippen molar-refractivity contribution >= 4 is 5.91 Å². The Morgan fingerprint density at radius 1 is 1.33 bits per heavy atom. The fourth-order valence-corrected chi connectivity index (χ4v) is 4.99. The lowest BCUT2D eigenvalue weighted by Gasteiger charge is -2.43. The van der Waals surface area contributed by atoms with Crippen molar-refractivity contribution < 1.29 is 14.3 Å². The smallest absolute Gasteiger partial charge is 0.236 e. The van der Waals surface area contributed by atoms with Gasteiger partial charge in [0.05, 0.1) is 12.8 Å². The molecule has 3 fully saturated rings. The summed E-state index contributed by atoms with van der Waals surface area (Å²) < 4.78 is 5.48. The van der Waals surface area contributed by atoms with Crippen molar-refractivity contribution in [1.29, 1.82) is 0 Å². The molecule has 0 radical (unpaired) electrons. The molecule has 0 unspecified atom stereocenters. The normalized spacial score (nSPS) is 36.9. The van der Waals surface area contributed by atoms with Gasteiger partial charge < -0.3 is 14.4 Å². The van der Waals surface area contributed by atoms with Crippen LogP contribution < -0.4 is 0 Å². The largest absolute Gasteiger partial charge is 0.466 e. The number of hydrogen-bond donors (Lipinski definition) is 1. The third kappa shape index (κ3) is 2.88. The van der Waals surface area contributed by atoms with Crippen LogP contribution in [0.4, 0.5) is 0 Å². The molecule has 132 valence electrons. The molecule has 0 spiro atoms. The second-order valence-electron chi connectivity index (χ2n) is 8.06. The van der Waals surface area contributed by atoms with Gasteiger partial charge in [0.25, 0.3) is 0 Å². The van der Waals surface area contributed by atoms with E-state index in [1.807, 2.05) is 17.0 Å². The molecule has 4 rings (SSSR count). The number of likely N-dealkylation sites (tertiary alicyclic amines) is 1. The monoisotopic (exact) mass is 332 g/mol. The van der Waals surface area contributed by atoms with Gasteiger partial charge in [0.1, 0.15) is 11.4 Å². The molecule has 3 atom stereocenters. The van der Waals surface area contributed by atoms with Crippen molar-refractivity contribution in [3.05, 3.63) is 24.2 Å². The molecule has 3 aliphatic rings. The Bertz CT molecular complexity index is 571. The number of amides is 1. The minimum atomic E-state index is -0.867. The van der Waals surface area contributed by atoms with Gasteiger partial charge in [-0.25, -0.2) is 0 Å². The molecule has 5 heteroatoms. The van der Waals surface area contributed by atoms with Gasteiger partial charge in [-0.2, -0.15) is 0 Å². The molecule has 5 nitrogen and oxygen atoms in total. The van der Waals surface area contributed by atoms with Crippen LogP contribution >= 0.6 is 0 Å². The van der Waals surface area contributed by atoms with Crippen LogP contribution in [-0.4, -0.2) is 52.5 Å². The first-order chi connectivity index (χ1) is 11.5. The SMILES string of the molecule is C[C@@H]1CCCN(C(=O)CN2[C@@H]3CC[C@@H]2CC(O)(c2ccco2)C3)C1. The maximum atomic E-state index is 12.7. The molecule has 0 aromatic carbocycles. The van der Waals surface area contributed by atoms with Crippen LogP contribution in [0, 0.1) is 5.92 Å². The van der Waals surface area contributed by atoms with Crippen molar-refractivity contribution in [3.8, 4) is 0 Å². The quantitative estimate of drug-likeness (QED) is 0.923. The third-order valence-corrected chi connectivity index (χ3v) is 6.23. The molecule has 2 bridgehead atoms. The van der Waals surface area contributed by atoms with Crippen molar-refractivity contribution in [2.45, 2.75) is 63.1 Å². The highest BCUT2D eigenvalue weighted by Crippen LogP contribution is 2.45. The Labute approximate surface area is 143 Å². The first-order valence-electron chi connectivity index (χ1n) is 9.35. The maximum Gasteiger partial charge on any atom is 0.236 e. The molecule has 1 amide bonds. The van der Waals surface area contributed by atoms with Crippen LogP contribution in [0.1, 0.15) is 51.2 Å². The van der Waals surface area contributed by atoms with Crippen molar-refractivity contribution in [3.63, 3.8) is 0 Å². The van der Waals surface area contributed by atoms with Crippen LogP contribution in [0.5, 0.6) is 0 Å². The molecule has 3 saturated heterocycles. The molecule has 24 heavy (non-hydrogen) atoms. The maximum absolute atomic E-state index is 12.7. The number of rotatable bonds is 3. The zero-order valence-electron chi connectivity index (χ0n) is 14.5. The standard InChI is InChI=1S/C19H28N2O3/c1-14-4-2-8-20(12-14)18(22)13-21-15-6-7-16(21)11-19(23,10-15)17-5-3-9-24-17/h3,5,9,14-16,23H,2,4,6-8,10-13H2,1H3/t14-,15-,16-/m1/s1. The summed E-state index contributed by atoms with van der Waals surface area (Å²) in [5.74, 6) is 1.56. The number of carbonyl (C=O) groups excluding carboxylic acids is 1. The number of carbonyl (C=O) groups is 1. The van der Waals surface area contributed by atoms with E-state index in [2.05, 4.69) is 11.8 Å². The molecule has 3 aliphatic heterocycles. The lowest BCUT2D eigenvalue weighted by atomic mass is 9.84. The van der Waals surface area contributed by atoms with Gasteiger partial charge in [-0.1, -0.05) is 6.92 Å². The zero-order chi connectivity index (χ0) is 16.7. The first-order valence-corrected chi connectivity index (χ1v) is 9.35. The van der Waals surface area contributed by atoms with Crippen LogP contribution in [-0.2, 0) is 10.4 Å². The lowest BCUT2D eigenvalue weighted by molar-refractivity contribution is -0.138. The number of hydrogen-bond acceptors (Lipinski definition) is 4. The van der Waals surface area contributed by atoms with E-state index in [4.69, 9.17) is 4.42 Å². The summed E-state index contributed by atoms with van der Waals surface area (Å²) in [5, 5.41) is 11.0. The number of fused-ring (bicyclic) bond motifs is 2. The summed E-state index contributed by atoms with van der Waals surface area (Å²) in [5.41, 5.74) is -0.867. The van der Waals surface area contributed by atoms with E-state index in [-0.39, 0.29) is 18.0 Å². The third-order valence-electron chi connectivity index (χ3n) is 6.23. The highest BCUT2D eigenvalue weighted by atomic mass is 16.4. The first kappa shape index (κ1) is 16.2. The highest BCUT2D eigenvalue weighted by Gasteiger charge is 2.50. The Balaban J connectivity index is 1.42. The minimum absolute atomic E-state index is 0.266. The van der Waals surface area contributed by atoms with E-state index in [9.17, 15) is 9.90 Å². The van der Waals surface area contributed by atoms with Gasteiger partial charge in [-0.05, 0) is 56.6 Å². The topological polar surface area (TPSA) is 56.9 Å². The van der Waals surface area contributed by atoms with Crippen molar-refractivity contribution in [2.24, 2.45) is 5.92 Å². The molecule has 1 aromatic rings. The second-order valence-corrected chi connectivity index (χ2v) is 8.06. The fourth-order valence-electron chi connectivity index (χ4n) is 4.99. The van der Waals surface area contributed by atoms with Gasteiger partial charge in [0.2, 0.25) is 5.91 Å². The summed E-state index contributed by atoms with van der Waals surface area (Å²) >= 11 is 0. The molecule has 0 aliphatic carbocycles. The average Bonchev–Trinajstić information content (AvgIpc) is 3.17. The average molecular weight is 332 g/mol. The number of aliphatic hydroxyl groups is 1. The van der Waals surface area contributed by atoms with Crippen molar-refractivity contribution in [1.82, 2.24) is 9.80 Å². The number of furan rings is 1. The summed E-state index contributed by atoms with van der Waals surface area (Å²) in [4.78, 5) is 17.1. The Hall–Kier alpha value is -1.33. The minimum Gasteiger partial charge on any atom is -0.466 e. The van der Waals surface area contributed by atoms with Gasteiger partial charge >= 0.3 is 0 Å². The van der Waals surface area contributed by atoms with E-state index < -0.39 is 5.60 Å². The Kier molecular flexibility index (Phi) is 4.17. The fraction of sp³-hybridized carbons (Fsp3) is 0.737. The highest BCUT2D eigenvalue weighted by molar-refractivity contribution is 5.78. The van der Waals surface area contributed by atoms with E-state index in [1.165, 1.54) is 6.42 Å². The lowest BCUT2D eigenvalue weighted by Crippen LogP contribution is -2.53. The van der Waals surface area contributed by atoms with Crippen LogP contribution in [0.15, 0.2) is 22.8 Å². The summed E-state index contributed by atoms with van der Waals surface area (Å²) in [6.45, 7) is 4.55. The predicted molar refractivity (Wildman–Crippen MR) is 90.3 cm³/mol. The molecule has 0 saturated carbocycles. The molecule has 1 N–H and O–H groups in total. The molecular formula is C19H28N2O3. The van der Waals surface area contributed by atoms with Gasteiger partial charge in [-0.15, -0.1) is 0 Å². The van der Waals surface area contributed by atoms with Crippen LogP contribution in [0.2, 0.25) is 0 Å². The molecular weight excluding hydrogens is 304 g/mol. The van der Waals surface area contributed by atoms with Crippen LogP contribution in [0.3, 0.4) is 0 Å². The van der Waals surface area contributed by atoms with Crippen LogP contribution in [0.25, 0.3) is 0 Å². The van der Waals surface area contributed by atoms with Gasteiger partial charge in [0, 0.05) is 25.2 Å². The van der Waals surface area contributed by atoms with E-state index in [1.54, 1.807) is 6.26 Å². The Morgan fingerprint density at radius 2 is 2.08 bits per heavy atom.